The lowest BCUT2D eigenvalue weighted by Gasteiger charge is -2.01. The molecule has 0 aliphatic carbocycles. The molecule has 0 aliphatic heterocycles. The van der Waals surface area contributed by atoms with Crippen LogP contribution in [0.1, 0.15) is 5.56 Å². The van der Waals surface area contributed by atoms with E-state index in [2.05, 4.69) is 11.2 Å². The molecule has 1 aromatic heterocycles. The van der Waals surface area contributed by atoms with Gasteiger partial charge >= 0.3 is 0 Å². The highest BCUT2D eigenvalue weighted by molar-refractivity contribution is 6.30. The minimum Gasteiger partial charge on any atom is -0.240 e. The Morgan fingerprint density at radius 1 is 1.05 bits per heavy atom. The normalized spacial score (nSPS) is 10.3. The van der Waals surface area contributed by atoms with Crippen LogP contribution < -0.4 is 0 Å². The van der Waals surface area contributed by atoms with E-state index in [1.54, 1.807) is 4.68 Å². The van der Waals surface area contributed by atoms with Crippen molar-refractivity contribution < 1.29 is 0 Å². The van der Waals surface area contributed by atoms with Gasteiger partial charge in [0.15, 0.2) is 0 Å². The average Bonchev–Trinajstić information content (AvgIpc) is 2.93. The molecule has 2 aromatic carbocycles. The minimum atomic E-state index is 0.331. The van der Waals surface area contributed by atoms with Crippen molar-refractivity contribution in [2.45, 2.75) is 6.42 Å². The first-order valence-corrected chi connectivity index (χ1v) is 6.92. The number of hydrogen-bond acceptors (Lipinski definition) is 2. The van der Waals surface area contributed by atoms with Gasteiger partial charge in [0.05, 0.1) is 23.9 Å². The Hall–Kier alpha value is -2.57. The average molecular weight is 294 g/mol. The van der Waals surface area contributed by atoms with E-state index in [0.717, 1.165) is 22.5 Å². The highest BCUT2D eigenvalue weighted by Crippen LogP contribution is 2.24. The molecule has 1 heterocycles. The third-order valence-corrected chi connectivity index (χ3v) is 3.45. The Morgan fingerprint density at radius 3 is 2.43 bits per heavy atom. The Bertz CT molecular complexity index is 783. The molecule has 3 aromatic rings. The standard InChI is InChI=1S/C17H12ClN3/c18-15-6-8-16(9-7-15)21-12-14(10-11-19)17(20-21)13-4-2-1-3-5-13/h1-9,12H,10H2. The summed E-state index contributed by atoms with van der Waals surface area (Å²) in [5.41, 5.74) is 3.68. The fraction of sp³-hybridized carbons (Fsp3) is 0.0588. The van der Waals surface area contributed by atoms with E-state index in [-0.39, 0.29) is 0 Å². The van der Waals surface area contributed by atoms with Crippen LogP contribution in [0.15, 0.2) is 60.8 Å². The molecule has 0 amide bonds. The molecule has 21 heavy (non-hydrogen) atoms. The van der Waals surface area contributed by atoms with E-state index in [4.69, 9.17) is 16.9 Å². The van der Waals surface area contributed by atoms with Crippen molar-refractivity contribution in [3.05, 3.63) is 71.4 Å². The molecule has 0 radical (unpaired) electrons. The van der Waals surface area contributed by atoms with Crippen LogP contribution in [-0.2, 0) is 6.42 Å². The number of hydrogen-bond donors (Lipinski definition) is 0. The van der Waals surface area contributed by atoms with Crippen molar-refractivity contribution in [3.63, 3.8) is 0 Å². The van der Waals surface area contributed by atoms with Crippen molar-refractivity contribution in [1.82, 2.24) is 9.78 Å². The highest BCUT2D eigenvalue weighted by atomic mass is 35.5. The largest absolute Gasteiger partial charge is 0.240 e. The van der Waals surface area contributed by atoms with E-state index < -0.39 is 0 Å². The van der Waals surface area contributed by atoms with Crippen molar-refractivity contribution >= 4 is 11.6 Å². The smallest absolute Gasteiger partial charge is 0.0970 e. The summed E-state index contributed by atoms with van der Waals surface area (Å²) in [5, 5.41) is 14.3. The van der Waals surface area contributed by atoms with Crippen LogP contribution in [0.4, 0.5) is 0 Å². The highest BCUT2D eigenvalue weighted by Gasteiger charge is 2.11. The molecular weight excluding hydrogens is 282 g/mol. The second kappa shape index (κ2) is 5.82. The van der Waals surface area contributed by atoms with Gasteiger partial charge in [-0.3, -0.25) is 0 Å². The first-order chi connectivity index (χ1) is 10.3. The summed E-state index contributed by atoms with van der Waals surface area (Å²) in [5.74, 6) is 0. The molecule has 0 N–H and O–H groups in total. The van der Waals surface area contributed by atoms with E-state index in [9.17, 15) is 0 Å². The molecule has 0 unspecified atom stereocenters. The molecule has 0 aliphatic rings. The molecule has 0 saturated heterocycles. The van der Waals surface area contributed by atoms with Gasteiger partial charge in [0.1, 0.15) is 0 Å². The quantitative estimate of drug-likeness (QED) is 0.724. The van der Waals surface area contributed by atoms with E-state index in [1.165, 1.54) is 0 Å². The van der Waals surface area contributed by atoms with Gasteiger partial charge < -0.3 is 0 Å². The van der Waals surface area contributed by atoms with Crippen LogP contribution in [0.5, 0.6) is 0 Å². The maximum absolute atomic E-state index is 9.00. The van der Waals surface area contributed by atoms with Gasteiger partial charge in [-0.25, -0.2) is 4.68 Å². The third kappa shape index (κ3) is 2.81. The molecule has 4 heteroatoms. The summed E-state index contributed by atoms with van der Waals surface area (Å²) in [6.07, 6.45) is 2.23. The van der Waals surface area contributed by atoms with E-state index in [0.29, 0.717) is 11.4 Å². The van der Waals surface area contributed by atoms with Gasteiger partial charge in [-0.2, -0.15) is 10.4 Å². The number of rotatable bonds is 3. The molecule has 0 fully saturated rings. The number of aromatic nitrogens is 2. The predicted molar refractivity (Wildman–Crippen MR) is 83.3 cm³/mol. The van der Waals surface area contributed by atoms with Crippen LogP contribution in [0.2, 0.25) is 5.02 Å². The number of nitrogens with zero attached hydrogens (tertiary/aromatic N) is 3. The van der Waals surface area contributed by atoms with Crippen LogP contribution >= 0.6 is 11.6 Å². The fourth-order valence-corrected chi connectivity index (χ4v) is 2.32. The molecule has 0 bridgehead atoms. The SMILES string of the molecule is N#CCc1cn(-c2ccc(Cl)cc2)nc1-c1ccccc1. The lowest BCUT2D eigenvalue weighted by atomic mass is 10.1. The summed E-state index contributed by atoms with van der Waals surface area (Å²) >= 11 is 5.91. The number of benzene rings is 2. The third-order valence-electron chi connectivity index (χ3n) is 3.20. The monoisotopic (exact) mass is 293 g/mol. The maximum Gasteiger partial charge on any atom is 0.0970 e. The Labute approximate surface area is 128 Å². The lowest BCUT2D eigenvalue weighted by molar-refractivity contribution is 0.883. The van der Waals surface area contributed by atoms with Crippen LogP contribution in [0.3, 0.4) is 0 Å². The fourth-order valence-electron chi connectivity index (χ4n) is 2.19. The summed E-state index contributed by atoms with van der Waals surface area (Å²) in [6, 6.07) is 19.5. The van der Waals surface area contributed by atoms with Gasteiger partial charge in [0.25, 0.3) is 0 Å². The van der Waals surface area contributed by atoms with Gasteiger partial charge in [-0.1, -0.05) is 41.9 Å². The van der Waals surface area contributed by atoms with E-state index in [1.807, 2.05) is 60.8 Å². The van der Waals surface area contributed by atoms with Crippen molar-refractivity contribution in [2.24, 2.45) is 0 Å². The topological polar surface area (TPSA) is 41.6 Å². The first kappa shape index (κ1) is 13.4. The molecule has 0 saturated carbocycles. The second-order valence-corrected chi connectivity index (χ2v) is 5.06. The van der Waals surface area contributed by atoms with Crippen molar-refractivity contribution in [3.8, 4) is 23.0 Å². The number of halogens is 1. The van der Waals surface area contributed by atoms with Crippen LogP contribution in [0, 0.1) is 11.3 Å². The first-order valence-electron chi connectivity index (χ1n) is 6.55. The molecule has 0 spiro atoms. The molecule has 3 rings (SSSR count). The summed E-state index contributed by atoms with van der Waals surface area (Å²) in [7, 11) is 0. The second-order valence-electron chi connectivity index (χ2n) is 4.62. The molecule has 3 nitrogen and oxygen atoms in total. The minimum absolute atomic E-state index is 0.331. The maximum atomic E-state index is 9.00. The molecule has 102 valence electrons. The zero-order valence-corrected chi connectivity index (χ0v) is 12.0. The summed E-state index contributed by atoms with van der Waals surface area (Å²) in [4.78, 5) is 0. The van der Waals surface area contributed by atoms with Gasteiger partial charge in [-0.15, -0.1) is 0 Å². The predicted octanol–water partition coefficient (Wildman–Crippen LogP) is 4.26. The Kier molecular flexibility index (Phi) is 3.72. The van der Waals surface area contributed by atoms with Crippen molar-refractivity contribution in [2.75, 3.05) is 0 Å². The zero-order valence-electron chi connectivity index (χ0n) is 11.2. The van der Waals surface area contributed by atoms with Crippen molar-refractivity contribution in [1.29, 1.82) is 5.26 Å². The van der Waals surface area contributed by atoms with Gasteiger partial charge in [0, 0.05) is 22.3 Å². The Morgan fingerprint density at radius 2 is 1.76 bits per heavy atom. The van der Waals surface area contributed by atoms with Crippen LogP contribution in [-0.4, -0.2) is 9.78 Å². The Balaban J connectivity index is 2.09. The lowest BCUT2D eigenvalue weighted by Crippen LogP contribution is -1.94. The zero-order chi connectivity index (χ0) is 14.7. The van der Waals surface area contributed by atoms with Gasteiger partial charge in [0.2, 0.25) is 0 Å². The summed E-state index contributed by atoms with van der Waals surface area (Å²) < 4.78 is 1.78. The number of nitriles is 1. The van der Waals surface area contributed by atoms with E-state index >= 15 is 0 Å². The molecular formula is C17H12ClN3. The van der Waals surface area contributed by atoms with Gasteiger partial charge in [-0.05, 0) is 24.3 Å². The molecule has 0 atom stereocenters. The van der Waals surface area contributed by atoms with Crippen LogP contribution in [0.25, 0.3) is 16.9 Å². The summed E-state index contributed by atoms with van der Waals surface area (Å²) in [6.45, 7) is 0.